The third kappa shape index (κ3) is 1.37. The van der Waals surface area contributed by atoms with E-state index in [1.807, 2.05) is 43.3 Å². The first kappa shape index (κ1) is 10.1. The molecule has 84 valence electrons. The minimum absolute atomic E-state index is 0.246. The molecule has 0 radical (unpaired) electrons. The number of aryl methyl sites for hydroxylation is 2. The zero-order valence-corrected chi connectivity index (χ0v) is 9.78. The summed E-state index contributed by atoms with van der Waals surface area (Å²) in [5.74, 6) is 0.658. The van der Waals surface area contributed by atoms with Gasteiger partial charge in [0.15, 0.2) is 0 Å². The van der Waals surface area contributed by atoms with Crippen LogP contribution >= 0.6 is 0 Å². The van der Waals surface area contributed by atoms with Crippen LogP contribution in [0.25, 0.3) is 21.9 Å². The molecule has 0 saturated carbocycles. The lowest BCUT2D eigenvalue weighted by Crippen LogP contribution is -1.98. The van der Waals surface area contributed by atoms with Crippen LogP contribution in [0.4, 0.5) is 0 Å². The summed E-state index contributed by atoms with van der Waals surface area (Å²) < 4.78 is 5.19. The van der Waals surface area contributed by atoms with Crippen molar-refractivity contribution in [2.45, 2.75) is 13.8 Å². The van der Waals surface area contributed by atoms with Crippen molar-refractivity contribution in [3.05, 3.63) is 58.1 Å². The van der Waals surface area contributed by atoms with E-state index in [0.717, 1.165) is 22.1 Å². The van der Waals surface area contributed by atoms with Gasteiger partial charge in [-0.1, -0.05) is 30.3 Å². The summed E-state index contributed by atoms with van der Waals surface area (Å²) in [6, 6.07) is 11.8. The summed E-state index contributed by atoms with van der Waals surface area (Å²) in [6.07, 6.45) is 0. The molecule has 0 atom stereocenters. The topological polar surface area (TPSA) is 30.2 Å². The van der Waals surface area contributed by atoms with Crippen LogP contribution in [0.15, 0.2) is 45.6 Å². The molecule has 1 heterocycles. The van der Waals surface area contributed by atoms with Crippen molar-refractivity contribution in [2.75, 3.05) is 0 Å². The Kier molecular flexibility index (Phi) is 2.05. The van der Waals surface area contributed by atoms with Gasteiger partial charge >= 0.3 is 5.63 Å². The van der Waals surface area contributed by atoms with Gasteiger partial charge in [-0.3, -0.25) is 0 Å². The molecule has 0 bridgehead atoms. The Labute approximate surface area is 98.8 Å². The molecule has 17 heavy (non-hydrogen) atoms. The molecule has 0 saturated heterocycles. The largest absolute Gasteiger partial charge is 0.428 e. The lowest BCUT2D eigenvalue weighted by Gasteiger charge is -1.93. The Morgan fingerprint density at radius 1 is 1.00 bits per heavy atom. The summed E-state index contributed by atoms with van der Waals surface area (Å²) >= 11 is 0. The molecule has 0 unspecified atom stereocenters. The minimum atomic E-state index is -0.246. The smallest absolute Gasteiger partial charge is 0.344 e. The highest BCUT2D eigenvalue weighted by Gasteiger charge is 2.17. The SMILES string of the molecule is Cc1cc2c(C)c3cccccc-3c2c(=O)o1. The quantitative estimate of drug-likeness (QED) is 0.585. The molecule has 0 spiro atoms. The Morgan fingerprint density at radius 3 is 2.47 bits per heavy atom. The highest BCUT2D eigenvalue weighted by molar-refractivity contribution is 6.04. The molecule has 0 fully saturated rings. The molecule has 1 aromatic heterocycles. The summed E-state index contributed by atoms with van der Waals surface area (Å²) in [5.41, 5.74) is 2.98. The maximum atomic E-state index is 12.0. The Bertz CT molecular complexity index is 738. The van der Waals surface area contributed by atoms with Crippen molar-refractivity contribution >= 4 is 10.8 Å². The summed E-state index contributed by atoms with van der Waals surface area (Å²) in [6.45, 7) is 3.85. The Hall–Kier alpha value is -2.09. The molecule has 0 aromatic carbocycles. The monoisotopic (exact) mass is 224 g/mol. The van der Waals surface area contributed by atoms with Gasteiger partial charge in [0.05, 0.1) is 5.39 Å². The van der Waals surface area contributed by atoms with E-state index in [1.165, 1.54) is 0 Å². The van der Waals surface area contributed by atoms with Crippen molar-refractivity contribution in [1.82, 2.24) is 0 Å². The number of hydrogen-bond donors (Lipinski definition) is 0. The van der Waals surface area contributed by atoms with E-state index in [-0.39, 0.29) is 5.63 Å². The maximum absolute atomic E-state index is 12.0. The van der Waals surface area contributed by atoms with E-state index in [2.05, 4.69) is 0 Å². The lowest BCUT2D eigenvalue weighted by atomic mass is 10.1. The van der Waals surface area contributed by atoms with Crippen LogP contribution in [0.2, 0.25) is 0 Å². The van der Waals surface area contributed by atoms with Crippen LogP contribution in [0.1, 0.15) is 11.3 Å². The predicted octanol–water partition coefficient (Wildman–Crippen LogP) is 3.51. The van der Waals surface area contributed by atoms with Crippen LogP contribution in [-0.2, 0) is 0 Å². The zero-order valence-electron chi connectivity index (χ0n) is 9.78. The van der Waals surface area contributed by atoms with Gasteiger partial charge in [0.2, 0.25) is 0 Å². The average molecular weight is 224 g/mol. The molecule has 0 amide bonds. The third-order valence-corrected chi connectivity index (χ3v) is 3.19. The lowest BCUT2D eigenvalue weighted by molar-refractivity contribution is 0.489. The molecule has 1 aromatic rings. The predicted molar refractivity (Wildman–Crippen MR) is 68.6 cm³/mol. The number of hydrogen-bond acceptors (Lipinski definition) is 2. The highest BCUT2D eigenvalue weighted by atomic mass is 16.4. The van der Waals surface area contributed by atoms with E-state index >= 15 is 0 Å². The second kappa shape index (κ2) is 3.45. The minimum Gasteiger partial charge on any atom is -0.428 e. The normalized spacial score (nSPS) is 11.2. The van der Waals surface area contributed by atoms with Gasteiger partial charge in [-0.25, -0.2) is 4.79 Å². The molecule has 0 N–H and O–H groups in total. The van der Waals surface area contributed by atoms with Crippen molar-refractivity contribution in [3.8, 4) is 11.1 Å². The van der Waals surface area contributed by atoms with E-state index < -0.39 is 0 Å². The molecule has 0 aliphatic heterocycles. The van der Waals surface area contributed by atoms with Gasteiger partial charge in [-0.2, -0.15) is 0 Å². The van der Waals surface area contributed by atoms with Gasteiger partial charge < -0.3 is 4.42 Å². The van der Waals surface area contributed by atoms with Crippen LogP contribution in [0.5, 0.6) is 0 Å². The van der Waals surface area contributed by atoms with Crippen LogP contribution in [0.3, 0.4) is 0 Å². The Morgan fingerprint density at radius 2 is 1.71 bits per heavy atom. The van der Waals surface area contributed by atoms with Crippen molar-refractivity contribution < 1.29 is 4.42 Å². The standard InChI is InChI=1S/C15H12O2/c1-9-8-13-10(2)11-6-4-3-5-7-12(11)14(13)15(16)17-9/h3-8H,1-2H3. The average Bonchev–Trinajstić information content (AvgIpc) is 2.48. The molecule has 2 aliphatic rings. The van der Waals surface area contributed by atoms with E-state index in [0.29, 0.717) is 11.1 Å². The fourth-order valence-electron chi connectivity index (χ4n) is 2.40. The Balaban J connectivity index is 2.64. The van der Waals surface area contributed by atoms with E-state index in [4.69, 9.17) is 4.42 Å². The summed E-state index contributed by atoms with van der Waals surface area (Å²) in [5, 5.41) is 1.69. The molecular formula is C15H12O2. The second-order valence-electron chi connectivity index (χ2n) is 4.30. The van der Waals surface area contributed by atoms with Gasteiger partial charge in [0.1, 0.15) is 5.76 Å². The van der Waals surface area contributed by atoms with E-state index in [1.54, 1.807) is 6.92 Å². The van der Waals surface area contributed by atoms with Crippen molar-refractivity contribution in [2.24, 2.45) is 0 Å². The second-order valence-corrected chi connectivity index (χ2v) is 4.30. The van der Waals surface area contributed by atoms with Crippen molar-refractivity contribution in [3.63, 3.8) is 0 Å². The zero-order chi connectivity index (χ0) is 12.0. The fraction of sp³-hybridized carbons (Fsp3) is 0.133. The molecule has 2 heteroatoms. The van der Waals surface area contributed by atoms with Crippen LogP contribution in [0, 0.1) is 13.8 Å². The summed E-state index contributed by atoms with van der Waals surface area (Å²) in [7, 11) is 0. The van der Waals surface area contributed by atoms with E-state index in [9.17, 15) is 4.79 Å². The molecule has 2 aliphatic carbocycles. The first-order chi connectivity index (χ1) is 8.18. The number of fused-ring (bicyclic) bond motifs is 3. The molecule has 2 nitrogen and oxygen atoms in total. The highest BCUT2D eigenvalue weighted by Crippen LogP contribution is 2.36. The van der Waals surface area contributed by atoms with Gasteiger partial charge in [0.25, 0.3) is 0 Å². The van der Waals surface area contributed by atoms with Crippen molar-refractivity contribution in [1.29, 1.82) is 0 Å². The first-order valence-electron chi connectivity index (χ1n) is 5.60. The van der Waals surface area contributed by atoms with Gasteiger partial charge in [-0.05, 0) is 42.0 Å². The number of rotatable bonds is 0. The van der Waals surface area contributed by atoms with Crippen LogP contribution < -0.4 is 5.63 Å². The summed E-state index contributed by atoms with van der Waals surface area (Å²) in [4.78, 5) is 12.0. The first-order valence-corrected chi connectivity index (χ1v) is 5.60. The third-order valence-electron chi connectivity index (χ3n) is 3.19. The van der Waals surface area contributed by atoms with Crippen LogP contribution in [-0.4, -0.2) is 0 Å². The molecule has 3 rings (SSSR count). The van der Waals surface area contributed by atoms with Gasteiger partial charge in [0, 0.05) is 0 Å². The molecular weight excluding hydrogens is 212 g/mol. The maximum Gasteiger partial charge on any atom is 0.344 e. The fourth-order valence-corrected chi connectivity index (χ4v) is 2.40. The van der Waals surface area contributed by atoms with Gasteiger partial charge in [-0.15, -0.1) is 0 Å².